The van der Waals surface area contributed by atoms with Gasteiger partial charge in [-0.3, -0.25) is 14.4 Å². The van der Waals surface area contributed by atoms with Crippen molar-refractivity contribution in [3.63, 3.8) is 0 Å². The summed E-state index contributed by atoms with van der Waals surface area (Å²) in [5.74, 6) is -1.36. The fourth-order valence-corrected chi connectivity index (χ4v) is 2.04. The Kier molecular flexibility index (Phi) is 7.25. The third kappa shape index (κ3) is 6.50. The summed E-state index contributed by atoms with van der Waals surface area (Å²) in [5, 5.41) is 11.2. The number of carboxylic acid groups (broad SMARTS) is 1. The number of aryl methyl sites for hydroxylation is 1. The van der Waals surface area contributed by atoms with E-state index in [9.17, 15) is 14.4 Å². The third-order valence-electron chi connectivity index (χ3n) is 3.51. The molecule has 6 nitrogen and oxygen atoms in total. The van der Waals surface area contributed by atoms with Crippen LogP contribution in [0.4, 0.5) is 0 Å². The maximum Gasteiger partial charge on any atom is 0.325 e. The quantitative estimate of drug-likeness (QED) is 0.714. The van der Waals surface area contributed by atoms with Gasteiger partial charge in [0.2, 0.25) is 5.91 Å². The molecule has 0 fully saturated rings. The lowest BCUT2D eigenvalue weighted by atomic mass is 10.0. The first-order chi connectivity index (χ1) is 10.8. The molecular formula is C17H24N2O4. The standard InChI is InChI=1S/C17H24N2O4/c1-12(17(22)23)18-16(21)14-9-6-8-13(11-14)7-4-5-10-15(20)19(2)3/h6,8-9,11-12H,4-5,7,10H2,1-3H3,(H,18,21)(H,22,23). The highest BCUT2D eigenvalue weighted by Gasteiger charge is 2.15. The molecule has 0 heterocycles. The van der Waals surface area contributed by atoms with E-state index in [1.54, 1.807) is 37.2 Å². The van der Waals surface area contributed by atoms with Gasteiger partial charge in [0.1, 0.15) is 6.04 Å². The van der Waals surface area contributed by atoms with Crippen molar-refractivity contribution in [3.8, 4) is 0 Å². The average molecular weight is 320 g/mol. The number of hydrogen-bond acceptors (Lipinski definition) is 3. The van der Waals surface area contributed by atoms with Crippen LogP contribution in [0.3, 0.4) is 0 Å². The van der Waals surface area contributed by atoms with Crippen LogP contribution in [0.5, 0.6) is 0 Å². The Bertz CT molecular complexity index is 569. The van der Waals surface area contributed by atoms with Crippen LogP contribution in [0, 0.1) is 0 Å². The Morgan fingerprint density at radius 2 is 1.91 bits per heavy atom. The molecule has 0 bridgehead atoms. The Hall–Kier alpha value is -2.37. The summed E-state index contributed by atoms with van der Waals surface area (Å²) in [6.45, 7) is 1.42. The van der Waals surface area contributed by atoms with Gasteiger partial charge in [-0.15, -0.1) is 0 Å². The highest BCUT2D eigenvalue weighted by atomic mass is 16.4. The molecule has 0 aliphatic carbocycles. The predicted octanol–water partition coefficient (Wildman–Crippen LogP) is 1.69. The molecule has 0 saturated carbocycles. The van der Waals surface area contributed by atoms with Gasteiger partial charge in [0.05, 0.1) is 0 Å². The minimum atomic E-state index is -1.07. The van der Waals surface area contributed by atoms with E-state index in [1.807, 2.05) is 6.07 Å². The SMILES string of the molecule is CC(NC(=O)c1cccc(CCCCC(=O)N(C)C)c1)C(=O)O. The Morgan fingerprint density at radius 1 is 1.22 bits per heavy atom. The number of carbonyl (C=O) groups is 3. The molecule has 0 aliphatic rings. The summed E-state index contributed by atoms with van der Waals surface area (Å²) in [4.78, 5) is 35.8. The van der Waals surface area contributed by atoms with Gasteiger partial charge in [0.15, 0.2) is 0 Å². The molecule has 0 radical (unpaired) electrons. The molecule has 0 saturated heterocycles. The maximum atomic E-state index is 12.0. The zero-order chi connectivity index (χ0) is 17.4. The molecule has 1 aromatic carbocycles. The fourth-order valence-electron chi connectivity index (χ4n) is 2.04. The lowest BCUT2D eigenvalue weighted by molar-refractivity contribution is -0.138. The zero-order valence-corrected chi connectivity index (χ0v) is 13.8. The Labute approximate surface area is 136 Å². The van der Waals surface area contributed by atoms with Crippen LogP contribution in [-0.4, -0.2) is 47.9 Å². The second kappa shape index (κ2) is 8.92. The van der Waals surface area contributed by atoms with Crippen LogP contribution in [-0.2, 0) is 16.0 Å². The van der Waals surface area contributed by atoms with Crippen molar-refractivity contribution in [3.05, 3.63) is 35.4 Å². The van der Waals surface area contributed by atoms with Crippen molar-refractivity contribution < 1.29 is 19.5 Å². The van der Waals surface area contributed by atoms with E-state index in [4.69, 9.17) is 5.11 Å². The first kappa shape index (κ1) is 18.7. The lowest BCUT2D eigenvalue weighted by Gasteiger charge is -2.11. The van der Waals surface area contributed by atoms with Gasteiger partial charge in [0, 0.05) is 26.1 Å². The van der Waals surface area contributed by atoms with Crippen LogP contribution in [0.25, 0.3) is 0 Å². The molecule has 0 aliphatic heterocycles. The number of unbranched alkanes of at least 4 members (excludes halogenated alkanes) is 1. The highest BCUT2D eigenvalue weighted by Crippen LogP contribution is 2.10. The normalized spacial score (nSPS) is 11.6. The molecule has 2 amide bonds. The number of nitrogens with one attached hydrogen (secondary N) is 1. The molecule has 1 aromatic rings. The van der Waals surface area contributed by atoms with E-state index in [0.717, 1.165) is 24.8 Å². The first-order valence-corrected chi connectivity index (χ1v) is 7.64. The fraction of sp³-hybridized carbons (Fsp3) is 0.471. The minimum Gasteiger partial charge on any atom is -0.480 e. The van der Waals surface area contributed by atoms with E-state index >= 15 is 0 Å². The molecule has 23 heavy (non-hydrogen) atoms. The van der Waals surface area contributed by atoms with Crippen molar-refractivity contribution in [2.45, 2.75) is 38.6 Å². The summed E-state index contributed by atoms with van der Waals surface area (Å²) in [5.41, 5.74) is 1.44. The van der Waals surface area contributed by atoms with Gasteiger partial charge >= 0.3 is 5.97 Å². The van der Waals surface area contributed by atoms with Crippen LogP contribution < -0.4 is 5.32 Å². The smallest absolute Gasteiger partial charge is 0.325 e. The molecule has 2 N–H and O–H groups in total. The molecular weight excluding hydrogens is 296 g/mol. The number of carboxylic acids is 1. The molecule has 0 aromatic heterocycles. The average Bonchev–Trinajstić information content (AvgIpc) is 2.51. The summed E-state index contributed by atoms with van der Waals surface area (Å²) < 4.78 is 0. The molecule has 1 atom stereocenters. The van der Waals surface area contributed by atoms with Gasteiger partial charge in [-0.1, -0.05) is 12.1 Å². The molecule has 6 heteroatoms. The number of hydrogen-bond donors (Lipinski definition) is 2. The topological polar surface area (TPSA) is 86.7 Å². The zero-order valence-electron chi connectivity index (χ0n) is 13.8. The highest BCUT2D eigenvalue weighted by molar-refractivity contribution is 5.96. The second-order valence-electron chi connectivity index (χ2n) is 5.73. The van der Waals surface area contributed by atoms with Crippen molar-refractivity contribution in [1.82, 2.24) is 10.2 Å². The summed E-state index contributed by atoms with van der Waals surface area (Å²) in [7, 11) is 3.48. The molecule has 1 rings (SSSR count). The number of nitrogens with zero attached hydrogens (tertiary/aromatic N) is 1. The van der Waals surface area contributed by atoms with Crippen LogP contribution in [0.2, 0.25) is 0 Å². The largest absolute Gasteiger partial charge is 0.480 e. The minimum absolute atomic E-state index is 0.112. The number of rotatable bonds is 8. The van der Waals surface area contributed by atoms with Crippen molar-refractivity contribution >= 4 is 17.8 Å². The third-order valence-corrected chi connectivity index (χ3v) is 3.51. The van der Waals surface area contributed by atoms with Crippen LogP contribution >= 0.6 is 0 Å². The van der Waals surface area contributed by atoms with E-state index in [1.165, 1.54) is 6.92 Å². The van der Waals surface area contributed by atoms with Gasteiger partial charge in [-0.2, -0.15) is 0 Å². The summed E-state index contributed by atoms with van der Waals surface area (Å²) >= 11 is 0. The number of benzene rings is 1. The van der Waals surface area contributed by atoms with Crippen LogP contribution in [0.1, 0.15) is 42.1 Å². The summed E-state index contributed by atoms with van der Waals surface area (Å²) in [6, 6.07) is 6.19. The van der Waals surface area contributed by atoms with Gasteiger partial charge < -0.3 is 15.3 Å². The Morgan fingerprint density at radius 3 is 2.52 bits per heavy atom. The lowest BCUT2D eigenvalue weighted by Crippen LogP contribution is -2.38. The number of amides is 2. The monoisotopic (exact) mass is 320 g/mol. The Balaban J connectivity index is 2.51. The number of aliphatic carboxylic acids is 1. The summed E-state index contributed by atoms with van der Waals surface area (Å²) in [6.07, 6.45) is 2.94. The van der Waals surface area contributed by atoms with Gasteiger partial charge in [-0.25, -0.2) is 0 Å². The van der Waals surface area contributed by atoms with Gasteiger partial charge in [0.25, 0.3) is 5.91 Å². The van der Waals surface area contributed by atoms with Crippen molar-refractivity contribution in [1.29, 1.82) is 0 Å². The van der Waals surface area contributed by atoms with Gasteiger partial charge in [-0.05, 0) is 43.9 Å². The predicted molar refractivity (Wildman–Crippen MR) is 87.3 cm³/mol. The van der Waals surface area contributed by atoms with E-state index in [2.05, 4.69) is 5.32 Å². The van der Waals surface area contributed by atoms with Crippen molar-refractivity contribution in [2.24, 2.45) is 0 Å². The van der Waals surface area contributed by atoms with E-state index < -0.39 is 17.9 Å². The molecule has 0 spiro atoms. The number of carbonyl (C=O) groups excluding carboxylic acids is 2. The van der Waals surface area contributed by atoms with E-state index in [0.29, 0.717) is 12.0 Å². The molecule has 1 unspecified atom stereocenters. The maximum absolute atomic E-state index is 12.0. The molecule has 126 valence electrons. The first-order valence-electron chi connectivity index (χ1n) is 7.64. The van der Waals surface area contributed by atoms with Crippen molar-refractivity contribution in [2.75, 3.05) is 14.1 Å². The second-order valence-corrected chi connectivity index (χ2v) is 5.73. The van der Waals surface area contributed by atoms with Crippen LogP contribution in [0.15, 0.2) is 24.3 Å². The van der Waals surface area contributed by atoms with E-state index in [-0.39, 0.29) is 5.91 Å².